The summed E-state index contributed by atoms with van der Waals surface area (Å²) in [6.07, 6.45) is 1.65. The molecule has 0 atom stereocenters. The number of alkyl halides is 1. The summed E-state index contributed by atoms with van der Waals surface area (Å²) < 4.78 is 24.5. The van der Waals surface area contributed by atoms with E-state index in [1.54, 1.807) is 0 Å². The number of nitrogens with zero attached hydrogens (tertiary/aromatic N) is 1. The van der Waals surface area contributed by atoms with Crippen molar-refractivity contribution in [1.29, 1.82) is 0 Å². The first kappa shape index (κ1) is 15.9. The minimum absolute atomic E-state index is 0.0423. The minimum Gasteiger partial charge on any atom is -0.396 e. The lowest BCUT2D eigenvalue weighted by molar-refractivity contribution is -0.126. The van der Waals surface area contributed by atoms with Crippen molar-refractivity contribution in [2.24, 2.45) is 5.92 Å². The highest BCUT2D eigenvalue weighted by Gasteiger charge is 2.30. The Balaban J connectivity index is 2.37. The van der Waals surface area contributed by atoms with Gasteiger partial charge in [-0.05, 0) is 19.3 Å². The lowest BCUT2D eigenvalue weighted by Gasteiger charge is -2.29. The molecule has 1 aliphatic heterocycles. The van der Waals surface area contributed by atoms with E-state index in [4.69, 9.17) is 5.11 Å². The second-order valence-corrected chi connectivity index (χ2v) is 7.53. The number of carbonyl (C=O) groups excluding carboxylic acids is 1. The zero-order chi connectivity index (χ0) is 13.6. The molecular weight excluding hydrogens is 324 g/mol. The van der Waals surface area contributed by atoms with Crippen molar-refractivity contribution in [3.8, 4) is 0 Å². The molecule has 8 heteroatoms. The van der Waals surface area contributed by atoms with Crippen molar-refractivity contribution in [3.05, 3.63) is 0 Å². The van der Waals surface area contributed by atoms with Gasteiger partial charge in [-0.25, -0.2) is 12.7 Å². The molecule has 0 radical (unpaired) electrons. The van der Waals surface area contributed by atoms with Gasteiger partial charge in [0, 0.05) is 32.2 Å². The Kier molecular flexibility index (Phi) is 6.54. The monoisotopic (exact) mass is 342 g/mol. The van der Waals surface area contributed by atoms with Crippen LogP contribution in [0.4, 0.5) is 0 Å². The van der Waals surface area contributed by atoms with Crippen LogP contribution < -0.4 is 5.32 Å². The van der Waals surface area contributed by atoms with Crippen molar-refractivity contribution in [2.75, 3.05) is 30.9 Å². The lowest BCUT2D eigenvalue weighted by atomic mass is 9.97. The van der Waals surface area contributed by atoms with E-state index in [2.05, 4.69) is 21.2 Å². The largest absolute Gasteiger partial charge is 0.396 e. The molecule has 6 nitrogen and oxygen atoms in total. The Morgan fingerprint density at radius 2 is 2.00 bits per heavy atom. The smallest absolute Gasteiger partial charge is 0.224 e. The van der Waals surface area contributed by atoms with Gasteiger partial charge in [0.2, 0.25) is 15.9 Å². The first-order valence-electron chi connectivity index (χ1n) is 5.93. The predicted octanol–water partition coefficient (Wildman–Crippen LogP) is -0.121. The fourth-order valence-corrected chi connectivity index (χ4v) is 3.67. The third kappa shape index (κ3) is 4.49. The van der Waals surface area contributed by atoms with Crippen LogP contribution in [-0.4, -0.2) is 54.6 Å². The molecule has 0 aromatic heterocycles. The Morgan fingerprint density at radius 3 is 2.50 bits per heavy atom. The van der Waals surface area contributed by atoms with Crippen LogP contribution in [0.15, 0.2) is 0 Å². The van der Waals surface area contributed by atoms with Crippen molar-refractivity contribution in [1.82, 2.24) is 9.62 Å². The minimum atomic E-state index is -3.21. The number of hydrogen-bond donors (Lipinski definition) is 2. The summed E-state index contributed by atoms with van der Waals surface area (Å²) in [5.74, 6) is -0.162. The number of piperidine rings is 1. The third-order valence-corrected chi connectivity index (χ3v) is 6.15. The third-order valence-electron chi connectivity index (χ3n) is 2.99. The van der Waals surface area contributed by atoms with Crippen LogP contribution in [0.1, 0.15) is 19.3 Å². The molecule has 0 aliphatic carbocycles. The van der Waals surface area contributed by atoms with Gasteiger partial charge >= 0.3 is 0 Å². The van der Waals surface area contributed by atoms with Gasteiger partial charge in [0.05, 0.1) is 0 Å². The number of hydrogen-bond acceptors (Lipinski definition) is 4. The Morgan fingerprint density at radius 1 is 1.39 bits per heavy atom. The summed E-state index contributed by atoms with van der Waals surface area (Å²) in [5.41, 5.74) is 0. The molecule has 0 saturated carbocycles. The quantitative estimate of drug-likeness (QED) is 0.520. The zero-order valence-electron chi connectivity index (χ0n) is 10.1. The fraction of sp³-hybridized carbons (Fsp3) is 0.900. The van der Waals surface area contributed by atoms with E-state index in [1.807, 2.05) is 0 Å². The van der Waals surface area contributed by atoms with Crippen LogP contribution in [0.5, 0.6) is 0 Å². The van der Waals surface area contributed by atoms with Gasteiger partial charge in [-0.1, -0.05) is 15.9 Å². The maximum absolute atomic E-state index is 11.7. The molecule has 1 amide bonds. The van der Waals surface area contributed by atoms with E-state index in [9.17, 15) is 13.2 Å². The number of carbonyl (C=O) groups is 1. The van der Waals surface area contributed by atoms with Gasteiger partial charge in [-0.2, -0.15) is 0 Å². The van der Waals surface area contributed by atoms with Crippen LogP contribution in [0.3, 0.4) is 0 Å². The number of halogens is 1. The van der Waals surface area contributed by atoms with E-state index in [-0.39, 0.29) is 23.1 Å². The number of aliphatic hydroxyl groups excluding tert-OH is 1. The number of sulfonamides is 1. The summed E-state index contributed by atoms with van der Waals surface area (Å²) in [4.78, 5) is 11.7. The molecule has 1 rings (SSSR count). The summed E-state index contributed by atoms with van der Waals surface area (Å²) >= 11 is 2.96. The number of nitrogens with one attached hydrogen (secondary N) is 1. The van der Waals surface area contributed by atoms with Crippen LogP contribution in [0.2, 0.25) is 0 Å². The molecule has 18 heavy (non-hydrogen) atoms. The average molecular weight is 343 g/mol. The van der Waals surface area contributed by atoms with Crippen LogP contribution in [-0.2, 0) is 14.8 Å². The second kappa shape index (κ2) is 7.42. The van der Waals surface area contributed by atoms with Gasteiger partial charge < -0.3 is 10.4 Å². The molecule has 0 bridgehead atoms. The Labute approximate surface area is 116 Å². The van der Waals surface area contributed by atoms with Gasteiger partial charge in [0.25, 0.3) is 0 Å². The number of rotatable bonds is 6. The molecule has 1 aliphatic rings. The first-order chi connectivity index (χ1) is 8.51. The standard InChI is InChI=1S/C10H19BrN2O4S/c11-8-18(16,17)13-5-2-9(3-6-13)10(15)12-4-1-7-14/h9,14H,1-8H2,(H,12,15). The number of aliphatic hydroxyl groups is 1. The van der Waals surface area contributed by atoms with Crippen LogP contribution in [0.25, 0.3) is 0 Å². The van der Waals surface area contributed by atoms with Crippen molar-refractivity contribution in [2.45, 2.75) is 19.3 Å². The highest BCUT2D eigenvalue weighted by molar-refractivity contribution is 9.10. The van der Waals surface area contributed by atoms with E-state index in [1.165, 1.54) is 4.31 Å². The number of amides is 1. The topological polar surface area (TPSA) is 86.7 Å². The SMILES string of the molecule is O=C(NCCCO)C1CCN(S(=O)(=O)CBr)CC1. The van der Waals surface area contributed by atoms with E-state index >= 15 is 0 Å². The van der Waals surface area contributed by atoms with Crippen molar-refractivity contribution >= 4 is 31.9 Å². The highest BCUT2D eigenvalue weighted by Crippen LogP contribution is 2.20. The molecule has 1 fully saturated rings. The molecular formula is C10H19BrN2O4S. The Hall–Kier alpha value is -0.180. The van der Waals surface area contributed by atoms with Crippen LogP contribution in [0, 0.1) is 5.92 Å². The van der Waals surface area contributed by atoms with Crippen LogP contribution >= 0.6 is 15.9 Å². The average Bonchev–Trinajstić information content (AvgIpc) is 2.39. The highest BCUT2D eigenvalue weighted by atomic mass is 79.9. The summed E-state index contributed by atoms with van der Waals surface area (Å²) in [7, 11) is -3.21. The maximum Gasteiger partial charge on any atom is 0.224 e. The van der Waals surface area contributed by atoms with E-state index < -0.39 is 10.0 Å². The molecule has 0 unspecified atom stereocenters. The van der Waals surface area contributed by atoms with Crippen molar-refractivity contribution < 1.29 is 18.3 Å². The summed E-state index contributed by atoms with van der Waals surface area (Å²) in [5, 5.41) is 11.4. The summed E-state index contributed by atoms with van der Waals surface area (Å²) in [6, 6.07) is 0. The van der Waals surface area contributed by atoms with Gasteiger partial charge in [0.15, 0.2) is 0 Å². The predicted molar refractivity (Wildman–Crippen MR) is 71.7 cm³/mol. The zero-order valence-corrected chi connectivity index (χ0v) is 12.5. The molecule has 106 valence electrons. The normalized spacial score (nSPS) is 18.8. The first-order valence-corrected chi connectivity index (χ1v) is 8.66. The lowest BCUT2D eigenvalue weighted by Crippen LogP contribution is -2.43. The Bertz CT molecular complexity index is 366. The van der Waals surface area contributed by atoms with Gasteiger partial charge in [-0.15, -0.1) is 0 Å². The molecule has 0 spiro atoms. The fourth-order valence-electron chi connectivity index (χ4n) is 1.90. The maximum atomic E-state index is 11.7. The van der Waals surface area contributed by atoms with Gasteiger partial charge in [-0.3, -0.25) is 4.79 Å². The van der Waals surface area contributed by atoms with Gasteiger partial charge in [0.1, 0.15) is 4.66 Å². The molecule has 0 aromatic carbocycles. The molecule has 1 heterocycles. The van der Waals surface area contributed by atoms with E-state index in [0.29, 0.717) is 38.9 Å². The van der Waals surface area contributed by atoms with E-state index in [0.717, 1.165) is 0 Å². The molecule has 0 aromatic rings. The molecule has 1 saturated heterocycles. The summed E-state index contributed by atoms with van der Waals surface area (Å²) in [6.45, 7) is 1.31. The van der Waals surface area contributed by atoms with Crippen molar-refractivity contribution in [3.63, 3.8) is 0 Å². The molecule has 2 N–H and O–H groups in total. The second-order valence-electron chi connectivity index (χ2n) is 4.26.